The lowest BCUT2D eigenvalue weighted by Crippen LogP contribution is -1.98. The second kappa shape index (κ2) is 4.51. The van der Waals surface area contributed by atoms with Gasteiger partial charge in [0.2, 0.25) is 5.78 Å². The van der Waals surface area contributed by atoms with Gasteiger partial charge in [0.15, 0.2) is 5.76 Å². The van der Waals surface area contributed by atoms with Crippen LogP contribution in [0.5, 0.6) is 0 Å². The predicted molar refractivity (Wildman–Crippen MR) is 78.4 cm³/mol. The van der Waals surface area contributed by atoms with Gasteiger partial charge in [-0.1, -0.05) is 23.2 Å². The van der Waals surface area contributed by atoms with Gasteiger partial charge in [0.1, 0.15) is 5.58 Å². The number of halogens is 1. The van der Waals surface area contributed by atoms with Gasteiger partial charge in [-0.05, 0) is 38.1 Å². The summed E-state index contributed by atoms with van der Waals surface area (Å²) < 4.78 is 6.30. The van der Waals surface area contributed by atoms with E-state index in [2.05, 4.69) is 0 Å². The zero-order valence-electron chi connectivity index (χ0n) is 10.5. The van der Waals surface area contributed by atoms with Crippen LogP contribution in [0.3, 0.4) is 0 Å². The fourth-order valence-corrected chi connectivity index (χ4v) is 3.08. The molecule has 0 saturated heterocycles. The molecule has 0 fully saturated rings. The van der Waals surface area contributed by atoms with Crippen LogP contribution in [0, 0.1) is 13.8 Å². The van der Waals surface area contributed by atoms with E-state index in [0.717, 1.165) is 22.1 Å². The van der Waals surface area contributed by atoms with Crippen LogP contribution in [0.15, 0.2) is 34.7 Å². The number of ketones is 1. The van der Waals surface area contributed by atoms with Crippen molar-refractivity contribution in [2.24, 2.45) is 0 Å². The molecule has 1 aromatic carbocycles. The van der Waals surface area contributed by atoms with Gasteiger partial charge in [0.05, 0.1) is 9.21 Å². The molecule has 0 saturated carbocycles. The average Bonchev–Trinajstić information content (AvgIpc) is 2.94. The Morgan fingerprint density at radius 2 is 2.00 bits per heavy atom. The summed E-state index contributed by atoms with van der Waals surface area (Å²) in [5, 5.41) is 0.992. The summed E-state index contributed by atoms with van der Waals surface area (Å²) >= 11 is 7.14. The van der Waals surface area contributed by atoms with Gasteiger partial charge in [0, 0.05) is 10.9 Å². The van der Waals surface area contributed by atoms with Crippen molar-refractivity contribution in [1.82, 2.24) is 0 Å². The molecule has 96 valence electrons. The number of aryl methyl sites for hydroxylation is 2. The minimum Gasteiger partial charge on any atom is -0.452 e. The Labute approximate surface area is 119 Å². The summed E-state index contributed by atoms with van der Waals surface area (Å²) in [4.78, 5) is 13.0. The van der Waals surface area contributed by atoms with Gasteiger partial charge in [-0.25, -0.2) is 0 Å². The zero-order valence-corrected chi connectivity index (χ0v) is 12.1. The first-order valence-electron chi connectivity index (χ1n) is 5.86. The second-order valence-corrected chi connectivity index (χ2v) is 6.20. The number of benzene rings is 1. The first-order valence-corrected chi connectivity index (χ1v) is 7.05. The third-order valence-electron chi connectivity index (χ3n) is 3.09. The normalized spacial score (nSPS) is 11.1. The molecule has 3 aromatic rings. The smallest absolute Gasteiger partial charge is 0.238 e. The van der Waals surface area contributed by atoms with Crippen molar-refractivity contribution >= 4 is 39.7 Å². The molecule has 0 spiro atoms. The van der Waals surface area contributed by atoms with Crippen molar-refractivity contribution in [2.75, 3.05) is 0 Å². The molecule has 19 heavy (non-hydrogen) atoms. The van der Waals surface area contributed by atoms with E-state index in [1.54, 1.807) is 12.1 Å². The maximum absolute atomic E-state index is 12.4. The van der Waals surface area contributed by atoms with Gasteiger partial charge in [-0.3, -0.25) is 4.79 Å². The van der Waals surface area contributed by atoms with Crippen LogP contribution in [0.1, 0.15) is 26.6 Å². The third-order valence-corrected chi connectivity index (χ3v) is 4.32. The van der Waals surface area contributed by atoms with E-state index in [1.807, 2.05) is 32.0 Å². The maximum atomic E-state index is 12.4. The highest BCUT2D eigenvalue weighted by atomic mass is 35.5. The predicted octanol–water partition coefficient (Wildman–Crippen LogP) is 5.00. The van der Waals surface area contributed by atoms with Crippen molar-refractivity contribution in [1.29, 1.82) is 0 Å². The largest absolute Gasteiger partial charge is 0.452 e. The summed E-state index contributed by atoms with van der Waals surface area (Å²) in [5.41, 5.74) is 2.77. The molecule has 0 aliphatic carbocycles. The topological polar surface area (TPSA) is 30.2 Å². The number of carbonyl (C=O) groups is 1. The minimum absolute atomic E-state index is 0.108. The maximum Gasteiger partial charge on any atom is 0.238 e. The highest BCUT2D eigenvalue weighted by Gasteiger charge is 2.20. The van der Waals surface area contributed by atoms with E-state index in [4.69, 9.17) is 16.0 Å². The summed E-state index contributed by atoms with van der Waals surface area (Å²) in [6, 6.07) is 9.36. The van der Waals surface area contributed by atoms with Gasteiger partial charge >= 0.3 is 0 Å². The molecule has 2 nitrogen and oxygen atoms in total. The average molecular weight is 291 g/mol. The molecule has 3 rings (SSSR count). The van der Waals surface area contributed by atoms with Gasteiger partial charge in [-0.2, -0.15) is 0 Å². The molecule has 2 aromatic heterocycles. The van der Waals surface area contributed by atoms with Crippen LogP contribution >= 0.6 is 22.9 Å². The quantitative estimate of drug-likeness (QED) is 0.622. The SMILES string of the molecule is Cc1ccc2oc(C(=O)c3ccc(Cl)s3)c(C)c2c1. The Morgan fingerprint density at radius 3 is 2.68 bits per heavy atom. The zero-order chi connectivity index (χ0) is 13.6. The van der Waals surface area contributed by atoms with Crippen molar-refractivity contribution in [3.63, 3.8) is 0 Å². The number of fused-ring (bicyclic) bond motifs is 1. The number of hydrogen-bond donors (Lipinski definition) is 0. The van der Waals surface area contributed by atoms with E-state index in [9.17, 15) is 4.79 Å². The summed E-state index contributed by atoms with van der Waals surface area (Å²) in [6.45, 7) is 3.93. The van der Waals surface area contributed by atoms with Crippen LogP contribution in [-0.4, -0.2) is 5.78 Å². The van der Waals surface area contributed by atoms with Crippen molar-refractivity contribution in [3.8, 4) is 0 Å². The molecule has 4 heteroatoms. The molecule has 0 aliphatic rings. The molecule has 0 bridgehead atoms. The minimum atomic E-state index is -0.108. The van der Waals surface area contributed by atoms with Crippen LogP contribution in [0.2, 0.25) is 4.34 Å². The highest BCUT2D eigenvalue weighted by Crippen LogP contribution is 2.30. The number of furan rings is 1. The Kier molecular flexibility index (Phi) is 2.96. The molecule has 0 radical (unpaired) electrons. The fourth-order valence-electron chi connectivity index (χ4n) is 2.10. The van der Waals surface area contributed by atoms with Crippen LogP contribution < -0.4 is 0 Å². The number of rotatable bonds is 2. The highest BCUT2D eigenvalue weighted by molar-refractivity contribution is 7.18. The Balaban J connectivity index is 2.15. The van der Waals surface area contributed by atoms with Crippen LogP contribution in [-0.2, 0) is 0 Å². The molecule has 0 amide bonds. The van der Waals surface area contributed by atoms with E-state index in [0.29, 0.717) is 15.0 Å². The molecule has 0 unspecified atom stereocenters. The summed E-state index contributed by atoms with van der Waals surface area (Å²) in [5.74, 6) is 0.294. The molecular weight excluding hydrogens is 280 g/mol. The van der Waals surface area contributed by atoms with Crippen molar-refractivity contribution in [2.45, 2.75) is 13.8 Å². The number of thiophene rings is 1. The van der Waals surface area contributed by atoms with Crippen molar-refractivity contribution < 1.29 is 9.21 Å². The molecule has 0 N–H and O–H groups in total. The standard InChI is InChI=1S/C15H11ClO2S/c1-8-3-4-11-10(7-8)9(2)15(18-11)14(17)12-5-6-13(16)19-12/h3-7H,1-2H3. The molecule has 0 aliphatic heterocycles. The first-order chi connectivity index (χ1) is 9.06. The van der Waals surface area contributed by atoms with Crippen LogP contribution in [0.4, 0.5) is 0 Å². The van der Waals surface area contributed by atoms with Gasteiger partial charge in [0.25, 0.3) is 0 Å². The van der Waals surface area contributed by atoms with E-state index in [-0.39, 0.29) is 5.78 Å². The van der Waals surface area contributed by atoms with Crippen molar-refractivity contribution in [3.05, 3.63) is 56.4 Å². The van der Waals surface area contributed by atoms with E-state index < -0.39 is 0 Å². The van der Waals surface area contributed by atoms with E-state index >= 15 is 0 Å². The third kappa shape index (κ3) is 2.09. The van der Waals surface area contributed by atoms with Gasteiger partial charge in [-0.15, -0.1) is 11.3 Å². The summed E-state index contributed by atoms with van der Waals surface area (Å²) in [7, 11) is 0. The lowest BCUT2D eigenvalue weighted by atomic mass is 10.1. The van der Waals surface area contributed by atoms with Crippen LogP contribution in [0.25, 0.3) is 11.0 Å². The lowest BCUT2D eigenvalue weighted by molar-refractivity contribution is 0.101. The number of hydrogen-bond acceptors (Lipinski definition) is 3. The Morgan fingerprint density at radius 1 is 1.21 bits per heavy atom. The Hall–Kier alpha value is -1.58. The lowest BCUT2D eigenvalue weighted by Gasteiger charge is -1.94. The molecular formula is C15H11ClO2S. The fraction of sp³-hybridized carbons (Fsp3) is 0.133. The number of carbonyl (C=O) groups excluding carboxylic acids is 1. The molecule has 0 atom stereocenters. The second-order valence-electron chi connectivity index (χ2n) is 4.49. The monoisotopic (exact) mass is 290 g/mol. The van der Waals surface area contributed by atoms with E-state index in [1.165, 1.54) is 11.3 Å². The van der Waals surface area contributed by atoms with Gasteiger partial charge < -0.3 is 4.42 Å². The molecule has 2 heterocycles. The Bertz CT molecular complexity index is 783. The summed E-state index contributed by atoms with van der Waals surface area (Å²) in [6.07, 6.45) is 0. The first kappa shape index (κ1) is 12.5.